The van der Waals surface area contributed by atoms with Gasteiger partial charge in [0, 0.05) is 39.4 Å². The molecule has 2 aromatic heterocycles. The van der Waals surface area contributed by atoms with E-state index in [1.165, 1.54) is 27.8 Å². The first kappa shape index (κ1) is 34.1. The van der Waals surface area contributed by atoms with Crippen molar-refractivity contribution in [3.8, 4) is 79.0 Å². The first-order valence-electron chi connectivity index (χ1n) is 20.2. The number of hydrogen-bond donors (Lipinski definition) is 0. The summed E-state index contributed by atoms with van der Waals surface area (Å²) in [5.41, 5.74) is 14.6. The monoisotopic (exact) mass is 766 g/mol. The van der Waals surface area contributed by atoms with Crippen LogP contribution < -0.4 is 4.74 Å². The van der Waals surface area contributed by atoms with E-state index in [2.05, 4.69) is 138 Å². The van der Waals surface area contributed by atoms with Crippen LogP contribution in [0, 0.1) is 0 Å². The normalized spacial score (nSPS) is 12.9. The molecule has 0 bridgehead atoms. The van der Waals surface area contributed by atoms with Crippen LogP contribution in [0.15, 0.2) is 206 Å². The van der Waals surface area contributed by atoms with Gasteiger partial charge in [-0.15, -0.1) is 0 Å². The lowest BCUT2D eigenvalue weighted by Gasteiger charge is -2.40. The van der Waals surface area contributed by atoms with E-state index in [1.807, 2.05) is 72.9 Å². The molecule has 1 spiro atoms. The second kappa shape index (κ2) is 13.5. The lowest BCUT2D eigenvalue weighted by atomic mass is 9.65. The van der Waals surface area contributed by atoms with Crippen LogP contribution in [0.3, 0.4) is 0 Å². The molecule has 0 amide bonds. The van der Waals surface area contributed by atoms with Crippen molar-refractivity contribution >= 4 is 10.9 Å². The van der Waals surface area contributed by atoms with Crippen LogP contribution in [-0.4, -0.2) is 19.9 Å². The summed E-state index contributed by atoms with van der Waals surface area (Å²) in [7, 11) is 0. The van der Waals surface area contributed by atoms with Crippen molar-refractivity contribution in [3.05, 3.63) is 229 Å². The summed E-state index contributed by atoms with van der Waals surface area (Å²) in [6.07, 6.45) is 1.89. The number of rotatable bonds is 5. The smallest absolute Gasteiger partial charge is 0.164 e. The summed E-state index contributed by atoms with van der Waals surface area (Å²) in [5, 5.41) is 1.14. The molecule has 1 aliphatic carbocycles. The molecule has 0 atom stereocenters. The average Bonchev–Trinajstić information content (AvgIpc) is 3.62. The van der Waals surface area contributed by atoms with E-state index < -0.39 is 5.41 Å². The molecule has 0 saturated heterocycles. The Kier molecular flexibility index (Phi) is 7.69. The lowest BCUT2D eigenvalue weighted by Crippen LogP contribution is -2.32. The van der Waals surface area contributed by atoms with Crippen molar-refractivity contribution in [2.45, 2.75) is 5.41 Å². The lowest BCUT2D eigenvalue weighted by molar-refractivity contribution is 0.436. The number of benzene rings is 8. The summed E-state index contributed by atoms with van der Waals surface area (Å²) >= 11 is 0. The minimum Gasteiger partial charge on any atom is -0.457 e. The number of aromatic nitrogens is 4. The number of ether oxygens (including phenoxy) is 1. The minimum atomic E-state index is -0.685. The van der Waals surface area contributed by atoms with Gasteiger partial charge in [-0.05, 0) is 87.0 Å². The second-order valence-corrected chi connectivity index (χ2v) is 15.4. The Morgan fingerprint density at radius 1 is 0.333 bits per heavy atom. The Morgan fingerprint density at radius 3 is 1.45 bits per heavy atom. The predicted molar refractivity (Wildman–Crippen MR) is 240 cm³/mol. The van der Waals surface area contributed by atoms with Crippen LogP contribution in [0.5, 0.6) is 11.5 Å². The summed E-state index contributed by atoms with van der Waals surface area (Å²) in [6, 6.07) is 70.2. The molecular weight excluding hydrogens is 733 g/mol. The van der Waals surface area contributed by atoms with Crippen LogP contribution in [0.2, 0.25) is 0 Å². The van der Waals surface area contributed by atoms with E-state index >= 15 is 0 Å². The van der Waals surface area contributed by atoms with Gasteiger partial charge in [-0.3, -0.25) is 4.98 Å². The van der Waals surface area contributed by atoms with Gasteiger partial charge in [-0.1, -0.05) is 158 Å². The van der Waals surface area contributed by atoms with Crippen molar-refractivity contribution in [1.29, 1.82) is 0 Å². The number of fused-ring (bicyclic) bond motifs is 10. The molecule has 5 nitrogen and oxygen atoms in total. The van der Waals surface area contributed by atoms with Gasteiger partial charge < -0.3 is 4.74 Å². The van der Waals surface area contributed by atoms with E-state index in [1.54, 1.807) is 0 Å². The van der Waals surface area contributed by atoms with Gasteiger partial charge in [0.05, 0.1) is 10.9 Å². The number of nitrogens with zero attached hydrogens (tertiary/aromatic N) is 4. The Hall–Kier alpha value is -8.02. The number of hydrogen-bond acceptors (Lipinski definition) is 5. The molecule has 2 aliphatic rings. The molecule has 8 aromatic carbocycles. The predicted octanol–water partition coefficient (Wildman–Crippen LogP) is 13.2. The van der Waals surface area contributed by atoms with Gasteiger partial charge in [-0.2, -0.15) is 0 Å². The number of para-hydroxylation sites is 1. The molecule has 60 heavy (non-hydrogen) atoms. The van der Waals surface area contributed by atoms with Crippen LogP contribution in [0.4, 0.5) is 0 Å². The summed E-state index contributed by atoms with van der Waals surface area (Å²) in [5.74, 6) is 3.49. The van der Waals surface area contributed by atoms with Gasteiger partial charge in [0.2, 0.25) is 0 Å². The summed E-state index contributed by atoms with van der Waals surface area (Å²) in [6.45, 7) is 0. The Bertz CT molecular complexity index is 3180. The largest absolute Gasteiger partial charge is 0.457 e. The zero-order valence-corrected chi connectivity index (χ0v) is 32.3. The molecule has 0 saturated carbocycles. The average molecular weight is 767 g/mol. The SMILES string of the molecule is c1ccc(-c2nc(-c3ccccc3)nc(-c3ccc4c(c3)C3(c5cc(-c6ccc(-c7ccnc8ccccc78)cc6)ccc5O4)c4ccccc4-c4ccccc43)n2)cc1. The molecule has 0 N–H and O–H groups in total. The minimum absolute atomic E-state index is 0.599. The first-order chi connectivity index (χ1) is 29.7. The molecular formula is C55H34N4O. The fraction of sp³-hybridized carbons (Fsp3) is 0.0182. The van der Waals surface area contributed by atoms with Gasteiger partial charge >= 0.3 is 0 Å². The highest BCUT2D eigenvalue weighted by Crippen LogP contribution is 2.62. The zero-order chi connectivity index (χ0) is 39.6. The van der Waals surface area contributed by atoms with Crippen molar-refractivity contribution in [1.82, 2.24) is 19.9 Å². The standard InChI is InChI=1S/C55H34N4O/c1-3-13-37(14-4-1)52-57-53(38-15-5-2-6-16-38)59-54(58-52)40-28-30-51-48(34-40)55(45-20-10-7-17-42(45)43-18-8-11-21-46(43)55)47-33-39(27-29-50(47)60-51)35-23-25-36(26-24-35)41-31-32-56-49-22-12-9-19-44(41)49/h1-34H. The highest BCUT2D eigenvalue weighted by Gasteiger charge is 2.51. The number of pyridine rings is 1. The topological polar surface area (TPSA) is 60.8 Å². The van der Waals surface area contributed by atoms with Crippen molar-refractivity contribution < 1.29 is 4.74 Å². The molecule has 5 heteroatoms. The van der Waals surface area contributed by atoms with Crippen LogP contribution in [-0.2, 0) is 5.41 Å². The molecule has 1 aliphatic heterocycles. The van der Waals surface area contributed by atoms with Gasteiger partial charge in [0.25, 0.3) is 0 Å². The summed E-state index contributed by atoms with van der Waals surface area (Å²) in [4.78, 5) is 19.8. The van der Waals surface area contributed by atoms with Crippen LogP contribution in [0.1, 0.15) is 22.3 Å². The van der Waals surface area contributed by atoms with Crippen molar-refractivity contribution in [3.63, 3.8) is 0 Å². The van der Waals surface area contributed by atoms with Crippen LogP contribution in [0.25, 0.3) is 78.4 Å². The van der Waals surface area contributed by atoms with Gasteiger partial charge in [0.1, 0.15) is 11.5 Å². The van der Waals surface area contributed by atoms with E-state index in [9.17, 15) is 0 Å². The van der Waals surface area contributed by atoms with E-state index in [-0.39, 0.29) is 0 Å². The maximum Gasteiger partial charge on any atom is 0.164 e. The maximum absolute atomic E-state index is 6.92. The molecule has 0 fully saturated rings. The van der Waals surface area contributed by atoms with Crippen LogP contribution >= 0.6 is 0 Å². The highest BCUT2D eigenvalue weighted by atomic mass is 16.5. The van der Waals surface area contributed by atoms with Crippen molar-refractivity contribution in [2.24, 2.45) is 0 Å². The Morgan fingerprint density at radius 2 is 0.817 bits per heavy atom. The first-order valence-corrected chi connectivity index (χ1v) is 20.2. The third kappa shape index (κ3) is 5.26. The molecule has 280 valence electrons. The fourth-order valence-electron chi connectivity index (χ4n) is 9.35. The maximum atomic E-state index is 6.92. The quantitative estimate of drug-likeness (QED) is 0.175. The Labute approximate surface area is 347 Å². The zero-order valence-electron chi connectivity index (χ0n) is 32.3. The molecule has 10 aromatic rings. The molecule has 0 radical (unpaired) electrons. The van der Waals surface area contributed by atoms with Gasteiger partial charge in [0.15, 0.2) is 17.5 Å². The van der Waals surface area contributed by atoms with E-state index in [0.717, 1.165) is 66.9 Å². The molecule has 3 heterocycles. The van der Waals surface area contributed by atoms with Gasteiger partial charge in [-0.25, -0.2) is 15.0 Å². The highest BCUT2D eigenvalue weighted by molar-refractivity contribution is 5.95. The third-order valence-electron chi connectivity index (χ3n) is 12.1. The Balaban J connectivity index is 1.05. The molecule has 12 rings (SSSR count). The third-order valence-corrected chi connectivity index (χ3v) is 12.1. The summed E-state index contributed by atoms with van der Waals surface area (Å²) < 4.78 is 6.92. The fourth-order valence-corrected chi connectivity index (χ4v) is 9.35. The van der Waals surface area contributed by atoms with Crippen molar-refractivity contribution in [2.75, 3.05) is 0 Å². The molecule has 0 unspecified atom stereocenters. The van der Waals surface area contributed by atoms with E-state index in [4.69, 9.17) is 19.7 Å². The van der Waals surface area contributed by atoms with E-state index in [0.29, 0.717) is 17.5 Å². The second-order valence-electron chi connectivity index (χ2n) is 15.4.